The van der Waals surface area contributed by atoms with Crippen molar-refractivity contribution in [2.45, 2.75) is 52.9 Å². The highest BCUT2D eigenvalue weighted by atomic mass is 19.1. The van der Waals surface area contributed by atoms with Gasteiger partial charge in [0, 0.05) is 23.2 Å². The number of ether oxygens (including phenoxy) is 3. The molecule has 2 aromatic carbocycles. The number of nitrogens with one attached hydrogen (secondary N) is 1. The highest BCUT2D eigenvalue weighted by molar-refractivity contribution is 5.85. The van der Waals surface area contributed by atoms with Crippen LogP contribution in [0.5, 0.6) is 5.75 Å². The third-order valence-electron chi connectivity index (χ3n) is 5.24. The molecule has 1 amide bonds. The van der Waals surface area contributed by atoms with E-state index in [0.717, 1.165) is 16.5 Å². The molecule has 7 nitrogen and oxygen atoms in total. The van der Waals surface area contributed by atoms with Gasteiger partial charge in [0.1, 0.15) is 23.8 Å². The molecule has 4 rings (SSSR count). The predicted octanol–water partition coefficient (Wildman–Crippen LogP) is 7.60. The Morgan fingerprint density at radius 2 is 1.74 bits per heavy atom. The molecule has 0 bridgehead atoms. The average Bonchev–Trinajstić information content (AvgIpc) is 2.93. The van der Waals surface area contributed by atoms with Gasteiger partial charge in [0.2, 0.25) is 0 Å². The van der Waals surface area contributed by atoms with Gasteiger partial charge in [-0.15, -0.1) is 0 Å². The summed E-state index contributed by atoms with van der Waals surface area (Å²) in [4.78, 5) is 21.0. The maximum Gasteiger partial charge on any atom is 0.413 e. The fraction of sp³-hybridized carbons (Fsp3) is 0.323. The molecule has 2 heterocycles. The van der Waals surface area contributed by atoms with E-state index >= 15 is 0 Å². The van der Waals surface area contributed by atoms with Crippen LogP contribution in [-0.2, 0) is 16.1 Å². The minimum atomic E-state index is -0.724. The molecule has 0 aliphatic heterocycles. The lowest BCUT2D eigenvalue weighted by Gasteiger charge is -2.19. The number of halogens is 1. The molecule has 2 aromatic heterocycles. The lowest BCUT2D eigenvalue weighted by atomic mass is 10.1. The molecule has 1 N–H and O–H groups in total. The number of anilines is 1. The molecule has 0 saturated carbocycles. The quantitative estimate of drug-likeness (QED) is 0.238. The van der Waals surface area contributed by atoms with Gasteiger partial charge in [-0.3, -0.25) is 5.32 Å². The predicted molar refractivity (Wildman–Crippen MR) is 153 cm³/mol. The van der Waals surface area contributed by atoms with Crippen molar-refractivity contribution in [2.24, 2.45) is 0 Å². The Hall–Kier alpha value is -4.04. The monoisotopic (exact) mass is 533 g/mol. The van der Waals surface area contributed by atoms with Gasteiger partial charge in [0.15, 0.2) is 6.10 Å². The van der Waals surface area contributed by atoms with Crippen molar-refractivity contribution in [1.82, 2.24) is 9.97 Å². The van der Waals surface area contributed by atoms with Crippen LogP contribution >= 0.6 is 0 Å². The summed E-state index contributed by atoms with van der Waals surface area (Å²) in [5.74, 6) is 0.888. The Balaban J connectivity index is 0.00000205. The number of nitrogens with zero attached hydrogens (tertiary/aromatic N) is 2. The summed E-state index contributed by atoms with van der Waals surface area (Å²) in [7, 11) is 0. The second-order valence-corrected chi connectivity index (χ2v) is 9.50. The third kappa shape index (κ3) is 9.33. The first-order valence-corrected chi connectivity index (χ1v) is 13.0. The van der Waals surface area contributed by atoms with E-state index in [4.69, 9.17) is 19.2 Å². The van der Waals surface area contributed by atoms with Gasteiger partial charge >= 0.3 is 6.09 Å². The van der Waals surface area contributed by atoms with Crippen LogP contribution in [0.15, 0.2) is 79.0 Å². The molecule has 39 heavy (non-hydrogen) atoms. The summed E-state index contributed by atoms with van der Waals surface area (Å²) >= 11 is 0. The molecular weight excluding hydrogens is 497 g/mol. The fourth-order valence-electron chi connectivity index (χ4n) is 3.54. The highest BCUT2D eigenvalue weighted by Crippen LogP contribution is 2.25. The van der Waals surface area contributed by atoms with Crippen LogP contribution < -0.4 is 10.1 Å². The molecule has 206 valence electrons. The van der Waals surface area contributed by atoms with Crippen LogP contribution in [0.1, 0.15) is 40.2 Å². The lowest BCUT2D eigenvalue weighted by molar-refractivity contribution is 0.0298. The van der Waals surface area contributed by atoms with E-state index in [-0.39, 0.29) is 6.61 Å². The number of rotatable bonds is 9. The van der Waals surface area contributed by atoms with E-state index in [1.807, 2.05) is 68.4 Å². The molecular formula is C31H36FN3O4. The van der Waals surface area contributed by atoms with Crippen LogP contribution in [-0.4, -0.2) is 41.0 Å². The molecule has 0 fully saturated rings. The maximum atomic E-state index is 13.6. The van der Waals surface area contributed by atoms with Crippen LogP contribution in [0.4, 0.5) is 15.0 Å². The van der Waals surface area contributed by atoms with Crippen LogP contribution in [0, 0.1) is 0 Å². The van der Waals surface area contributed by atoms with Gasteiger partial charge in [-0.25, -0.2) is 19.2 Å². The summed E-state index contributed by atoms with van der Waals surface area (Å²) in [6, 6.07) is 22.5. The fourth-order valence-corrected chi connectivity index (χ4v) is 3.54. The SMILES string of the molecule is CC.CC(C)(C)OC(=O)Nc1ccc(-c2ccc3ccc(OC(CF)COCc4ccccc4)cc3n2)cn1. The lowest BCUT2D eigenvalue weighted by Crippen LogP contribution is -2.27. The number of aromatic nitrogens is 2. The summed E-state index contributed by atoms with van der Waals surface area (Å²) in [5.41, 5.74) is 2.61. The Morgan fingerprint density at radius 1 is 1.00 bits per heavy atom. The van der Waals surface area contributed by atoms with Crippen molar-refractivity contribution in [2.75, 3.05) is 18.6 Å². The molecule has 0 saturated heterocycles. The number of alkyl halides is 1. The zero-order valence-electron chi connectivity index (χ0n) is 23.1. The topological polar surface area (TPSA) is 82.6 Å². The molecule has 4 aromatic rings. The Labute approximate surface area is 229 Å². The van der Waals surface area contributed by atoms with Gasteiger partial charge in [0.25, 0.3) is 0 Å². The Kier molecular flexibility index (Phi) is 10.8. The Morgan fingerprint density at radius 3 is 2.41 bits per heavy atom. The number of carbonyl (C=O) groups is 1. The molecule has 1 atom stereocenters. The van der Waals surface area contributed by atoms with Crippen molar-refractivity contribution in [1.29, 1.82) is 0 Å². The van der Waals surface area contributed by atoms with Gasteiger partial charge in [-0.05, 0) is 56.7 Å². The van der Waals surface area contributed by atoms with E-state index in [1.54, 1.807) is 45.2 Å². The smallest absolute Gasteiger partial charge is 0.413 e. The van der Waals surface area contributed by atoms with E-state index in [0.29, 0.717) is 29.4 Å². The first-order valence-electron chi connectivity index (χ1n) is 13.0. The summed E-state index contributed by atoms with van der Waals surface area (Å²) < 4.78 is 30.3. The van der Waals surface area contributed by atoms with Crippen molar-refractivity contribution in [3.63, 3.8) is 0 Å². The summed E-state index contributed by atoms with van der Waals surface area (Å²) in [6.45, 7) is 9.24. The van der Waals surface area contributed by atoms with Crippen molar-refractivity contribution in [3.8, 4) is 17.0 Å². The average molecular weight is 534 g/mol. The standard InChI is InChI=1S/C29H30FN3O4.C2H6/c1-29(2,3)37-28(34)33-27-14-11-22(17-31-27)25-13-10-21-9-12-23(15-26(21)32-25)36-24(16-30)19-35-18-20-7-5-4-6-8-20;1-2/h4-15,17,24H,16,18-19H2,1-3H3,(H,31,33,34);1-2H3. The molecule has 0 radical (unpaired) electrons. The summed E-state index contributed by atoms with van der Waals surface area (Å²) in [5, 5.41) is 3.53. The zero-order chi connectivity index (χ0) is 28.3. The van der Waals surface area contributed by atoms with Gasteiger partial charge in [-0.2, -0.15) is 0 Å². The molecule has 0 aliphatic rings. The number of amides is 1. The van der Waals surface area contributed by atoms with E-state index < -0.39 is 24.5 Å². The minimum absolute atomic E-state index is 0.131. The van der Waals surface area contributed by atoms with Gasteiger partial charge in [0.05, 0.1) is 24.4 Å². The largest absolute Gasteiger partial charge is 0.485 e. The second kappa shape index (κ2) is 14.2. The Bertz CT molecular complexity index is 1330. The number of hydrogen-bond donors (Lipinski definition) is 1. The van der Waals surface area contributed by atoms with Crippen molar-refractivity contribution < 1.29 is 23.4 Å². The van der Waals surface area contributed by atoms with Crippen molar-refractivity contribution in [3.05, 3.63) is 84.6 Å². The van der Waals surface area contributed by atoms with E-state index in [1.165, 1.54) is 0 Å². The van der Waals surface area contributed by atoms with Crippen LogP contribution in [0.2, 0.25) is 0 Å². The number of benzene rings is 2. The normalized spacial score (nSPS) is 11.7. The number of hydrogen-bond acceptors (Lipinski definition) is 6. The summed E-state index contributed by atoms with van der Waals surface area (Å²) in [6.07, 6.45) is 0.337. The molecule has 0 spiro atoms. The molecule has 0 aliphatic carbocycles. The molecule has 8 heteroatoms. The number of pyridine rings is 2. The first kappa shape index (κ1) is 29.5. The number of carbonyl (C=O) groups excluding carboxylic acids is 1. The minimum Gasteiger partial charge on any atom is -0.485 e. The van der Waals surface area contributed by atoms with E-state index in [2.05, 4.69) is 10.3 Å². The highest BCUT2D eigenvalue weighted by Gasteiger charge is 2.17. The second-order valence-electron chi connectivity index (χ2n) is 9.50. The van der Waals surface area contributed by atoms with Gasteiger partial charge < -0.3 is 14.2 Å². The first-order chi connectivity index (χ1) is 18.8. The maximum absolute atomic E-state index is 13.6. The van der Waals surface area contributed by atoms with Crippen LogP contribution in [0.3, 0.4) is 0 Å². The zero-order valence-corrected chi connectivity index (χ0v) is 23.1. The molecule has 1 unspecified atom stereocenters. The number of fused-ring (bicyclic) bond motifs is 1. The van der Waals surface area contributed by atoms with Crippen molar-refractivity contribution >= 4 is 22.8 Å². The van der Waals surface area contributed by atoms with Gasteiger partial charge in [-0.1, -0.05) is 50.2 Å². The third-order valence-corrected chi connectivity index (χ3v) is 5.24. The van der Waals surface area contributed by atoms with Crippen LogP contribution in [0.25, 0.3) is 22.2 Å². The van der Waals surface area contributed by atoms with E-state index in [9.17, 15) is 9.18 Å².